The molecule has 0 radical (unpaired) electrons. The second kappa shape index (κ2) is 5.55. The first kappa shape index (κ1) is 12.6. The molecule has 86 valence electrons. The van der Waals surface area contributed by atoms with Crippen LogP contribution in [0.25, 0.3) is 0 Å². The van der Waals surface area contributed by atoms with E-state index in [0.717, 1.165) is 4.90 Å². The number of carboxylic acids is 1. The van der Waals surface area contributed by atoms with Crippen LogP contribution in [0.5, 0.6) is 0 Å². The fourth-order valence-electron chi connectivity index (χ4n) is 1.17. The highest BCUT2D eigenvalue weighted by atomic mass is 32.2. The molecule has 0 aliphatic heterocycles. The molecule has 0 bridgehead atoms. The Morgan fingerprint density at radius 3 is 2.56 bits per heavy atom. The average molecular weight is 239 g/mol. The number of rotatable bonds is 4. The van der Waals surface area contributed by atoms with Crippen molar-refractivity contribution in [3.05, 3.63) is 29.8 Å². The Hall–Kier alpha value is -1.49. The van der Waals surface area contributed by atoms with Crippen LogP contribution in [-0.2, 0) is 4.79 Å². The number of hydrogen-bond acceptors (Lipinski definition) is 3. The Bertz CT molecular complexity index is 406. The molecular formula is C11H13NO3S. The standard InChI is InChI=1S/C11H13NO3S/c1-7(11(14)15)12-10(13)8-5-3-4-6-9(8)16-2/h3-7H,1-2H3,(H,12,13)(H,14,15)/t7-/m1/s1. The molecule has 16 heavy (non-hydrogen) atoms. The lowest BCUT2D eigenvalue weighted by Gasteiger charge is -2.11. The van der Waals surface area contributed by atoms with Gasteiger partial charge in [0.25, 0.3) is 5.91 Å². The third-order valence-corrected chi connectivity index (χ3v) is 2.87. The van der Waals surface area contributed by atoms with Crippen LogP contribution in [0.4, 0.5) is 0 Å². The molecule has 1 atom stereocenters. The van der Waals surface area contributed by atoms with E-state index in [4.69, 9.17) is 5.11 Å². The summed E-state index contributed by atoms with van der Waals surface area (Å²) in [5.74, 6) is -1.41. The third kappa shape index (κ3) is 3.00. The van der Waals surface area contributed by atoms with E-state index < -0.39 is 12.0 Å². The molecular weight excluding hydrogens is 226 g/mol. The van der Waals surface area contributed by atoms with Gasteiger partial charge in [0.1, 0.15) is 6.04 Å². The van der Waals surface area contributed by atoms with Crippen molar-refractivity contribution in [1.29, 1.82) is 0 Å². The highest BCUT2D eigenvalue weighted by Gasteiger charge is 2.16. The molecule has 1 aromatic rings. The first-order valence-corrected chi connectivity index (χ1v) is 5.95. The number of carbonyl (C=O) groups is 2. The number of nitrogens with one attached hydrogen (secondary N) is 1. The van der Waals surface area contributed by atoms with Gasteiger partial charge in [0.15, 0.2) is 0 Å². The first-order valence-electron chi connectivity index (χ1n) is 4.73. The summed E-state index contributed by atoms with van der Waals surface area (Å²) in [5.41, 5.74) is 0.503. The minimum atomic E-state index is -1.05. The van der Waals surface area contributed by atoms with Crippen LogP contribution in [0.15, 0.2) is 29.2 Å². The molecule has 0 spiro atoms. The van der Waals surface area contributed by atoms with Crippen molar-refractivity contribution in [1.82, 2.24) is 5.32 Å². The summed E-state index contributed by atoms with van der Waals surface area (Å²) in [4.78, 5) is 23.2. The summed E-state index contributed by atoms with van der Waals surface area (Å²) in [6.07, 6.45) is 1.87. The van der Waals surface area contributed by atoms with Crippen molar-refractivity contribution >= 4 is 23.6 Å². The lowest BCUT2D eigenvalue weighted by molar-refractivity contribution is -0.138. The molecule has 0 fully saturated rings. The fraction of sp³-hybridized carbons (Fsp3) is 0.273. The van der Waals surface area contributed by atoms with Crippen molar-refractivity contribution in [2.45, 2.75) is 17.9 Å². The highest BCUT2D eigenvalue weighted by molar-refractivity contribution is 7.98. The number of benzene rings is 1. The van der Waals surface area contributed by atoms with Gasteiger partial charge in [-0.05, 0) is 25.3 Å². The van der Waals surface area contributed by atoms with Crippen LogP contribution >= 0.6 is 11.8 Å². The molecule has 0 aromatic heterocycles. The molecule has 0 saturated carbocycles. The topological polar surface area (TPSA) is 66.4 Å². The molecule has 4 nitrogen and oxygen atoms in total. The van der Waals surface area contributed by atoms with Gasteiger partial charge in [-0.3, -0.25) is 9.59 Å². The summed E-state index contributed by atoms with van der Waals surface area (Å²) in [6.45, 7) is 1.43. The van der Waals surface area contributed by atoms with Crippen LogP contribution < -0.4 is 5.32 Å². The first-order chi connectivity index (χ1) is 7.56. The van der Waals surface area contributed by atoms with Crippen molar-refractivity contribution in [3.63, 3.8) is 0 Å². The Labute approximate surface area is 98.0 Å². The van der Waals surface area contributed by atoms with E-state index >= 15 is 0 Å². The van der Waals surface area contributed by atoms with E-state index in [9.17, 15) is 9.59 Å². The molecule has 1 rings (SSSR count). The monoisotopic (exact) mass is 239 g/mol. The molecule has 0 unspecified atom stereocenters. The van der Waals surface area contributed by atoms with Crippen molar-refractivity contribution in [2.75, 3.05) is 6.26 Å². The lowest BCUT2D eigenvalue weighted by Crippen LogP contribution is -2.38. The SMILES string of the molecule is CSc1ccccc1C(=O)N[C@H](C)C(=O)O. The summed E-state index contributed by atoms with van der Waals surface area (Å²) in [6, 6.07) is 6.20. The number of hydrogen-bond donors (Lipinski definition) is 2. The lowest BCUT2D eigenvalue weighted by atomic mass is 10.2. The van der Waals surface area contributed by atoms with Gasteiger partial charge in [-0.15, -0.1) is 11.8 Å². The number of carbonyl (C=O) groups excluding carboxylic acids is 1. The number of carboxylic acid groups (broad SMARTS) is 1. The van der Waals surface area contributed by atoms with Crippen LogP contribution in [-0.4, -0.2) is 29.3 Å². The summed E-state index contributed by atoms with van der Waals surface area (Å²) in [5, 5.41) is 11.1. The van der Waals surface area contributed by atoms with E-state index in [1.54, 1.807) is 12.1 Å². The Kier molecular flexibility index (Phi) is 4.37. The summed E-state index contributed by atoms with van der Waals surface area (Å²) >= 11 is 1.45. The molecule has 0 heterocycles. The van der Waals surface area contributed by atoms with Gasteiger partial charge in [-0.25, -0.2) is 0 Å². The predicted molar refractivity (Wildman–Crippen MR) is 62.8 cm³/mol. The van der Waals surface area contributed by atoms with Gasteiger partial charge < -0.3 is 10.4 Å². The van der Waals surface area contributed by atoms with Crippen molar-refractivity contribution in [2.24, 2.45) is 0 Å². The van der Waals surface area contributed by atoms with Crippen molar-refractivity contribution < 1.29 is 14.7 Å². The predicted octanol–water partition coefficient (Wildman–Crippen LogP) is 1.61. The van der Waals surface area contributed by atoms with Crippen LogP contribution in [0.1, 0.15) is 17.3 Å². The van der Waals surface area contributed by atoms with E-state index in [0.29, 0.717) is 5.56 Å². The van der Waals surface area contributed by atoms with Crippen molar-refractivity contribution in [3.8, 4) is 0 Å². The van der Waals surface area contributed by atoms with Crippen LogP contribution in [0.2, 0.25) is 0 Å². The second-order valence-electron chi connectivity index (χ2n) is 3.23. The zero-order chi connectivity index (χ0) is 12.1. The molecule has 0 aliphatic rings. The molecule has 0 saturated heterocycles. The van der Waals surface area contributed by atoms with Gasteiger partial charge in [-0.2, -0.15) is 0 Å². The average Bonchev–Trinajstić information content (AvgIpc) is 2.28. The van der Waals surface area contributed by atoms with E-state index in [1.165, 1.54) is 18.7 Å². The minimum absolute atomic E-state index is 0.361. The summed E-state index contributed by atoms with van der Waals surface area (Å²) < 4.78 is 0. The van der Waals surface area contributed by atoms with Gasteiger partial charge in [0.05, 0.1) is 5.56 Å². The Balaban J connectivity index is 2.84. The maximum absolute atomic E-state index is 11.8. The molecule has 1 aromatic carbocycles. The number of aliphatic carboxylic acids is 1. The van der Waals surface area contributed by atoms with E-state index in [-0.39, 0.29) is 5.91 Å². The molecule has 1 amide bonds. The maximum Gasteiger partial charge on any atom is 0.325 e. The fourth-order valence-corrected chi connectivity index (χ4v) is 1.76. The van der Waals surface area contributed by atoms with Crippen LogP contribution in [0, 0.1) is 0 Å². The smallest absolute Gasteiger partial charge is 0.325 e. The van der Waals surface area contributed by atoms with Gasteiger partial charge in [0, 0.05) is 4.90 Å². The Morgan fingerprint density at radius 2 is 2.00 bits per heavy atom. The van der Waals surface area contributed by atoms with Crippen LogP contribution in [0.3, 0.4) is 0 Å². The Morgan fingerprint density at radius 1 is 1.38 bits per heavy atom. The largest absolute Gasteiger partial charge is 0.480 e. The zero-order valence-corrected chi connectivity index (χ0v) is 9.88. The van der Waals surface area contributed by atoms with Gasteiger partial charge >= 0.3 is 5.97 Å². The normalized spacial score (nSPS) is 11.9. The highest BCUT2D eigenvalue weighted by Crippen LogP contribution is 2.19. The number of thioether (sulfide) groups is 1. The minimum Gasteiger partial charge on any atom is -0.480 e. The zero-order valence-electron chi connectivity index (χ0n) is 9.06. The summed E-state index contributed by atoms with van der Waals surface area (Å²) in [7, 11) is 0. The van der Waals surface area contributed by atoms with Gasteiger partial charge in [0.2, 0.25) is 0 Å². The second-order valence-corrected chi connectivity index (χ2v) is 4.08. The quantitative estimate of drug-likeness (QED) is 0.783. The van der Waals surface area contributed by atoms with E-state index in [1.807, 2.05) is 18.4 Å². The molecule has 0 aliphatic carbocycles. The molecule has 5 heteroatoms. The third-order valence-electron chi connectivity index (χ3n) is 2.07. The number of amides is 1. The van der Waals surface area contributed by atoms with Gasteiger partial charge in [-0.1, -0.05) is 12.1 Å². The molecule has 2 N–H and O–H groups in total. The maximum atomic E-state index is 11.8. The van der Waals surface area contributed by atoms with E-state index in [2.05, 4.69) is 5.32 Å².